The van der Waals surface area contributed by atoms with Gasteiger partial charge in [-0.15, -0.1) is 0 Å². The standard InChI is InChI=1S/C12H16N4O2/c1-4-17-12-9(13)5-6-10(14-12)18-11-7-8(2)15-16(11)3/h5-7H,4,13H2,1-3H3. The van der Waals surface area contributed by atoms with Crippen LogP contribution in [-0.4, -0.2) is 21.4 Å². The second kappa shape index (κ2) is 4.95. The molecule has 0 aliphatic carbocycles. The molecule has 0 aliphatic rings. The van der Waals surface area contributed by atoms with Crippen molar-refractivity contribution in [1.82, 2.24) is 14.8 Å². The number of pyridine rings is 1. The van der Waals surface area contributed by atoms with E-state index < -0.39 is 0 Å². The van der Waals surface area contributed by atoms with E-state index in [2.05, 4.69) is 10.1 Å². The summed E-state index contributed by atoms with van der Waals surface area (Å²) in [5.74, 6) is 1.43. The van der Waals surface area contributed by atoms with Gasteiger partial charge in [-0.1, -0.05) is 0 Å². The highest BCUT2D eigenvalue weighted by Crippen LogP contribution is 2.25. The van der Waals surface area contributed by atoms with E-state index in [1.165, 1.54) is 0 Å². The number of aryl methyl sites for hydroxylation is 2. The lowest BCUT2D eigenvalue weighted by atomic mass is 10.4. The van der Waals surface area contributed by atoms with Crippen LogP contribution in [0.2, 0.25) is 0 Å². The molecule has 6 heteroatoms. The Hall–Kier alpha value is -2.24. The molecule has 2 aromatic heterocycles. The number of hydrogen-bond acceptors (Lipinski definition) is 5. The van der Waals surface area contributed by atoms with Crippen molar-refractivity contribution in [3.8, 4) is 17.6 Å². The quantitative estimate of drug-likeness (QED) is 0.894. The van der Waals surface area contributed by atoms with Crippen LogP contribution in [0.15, 0.2) is 18.2 Å². The zero-order valence-corrected chi connectivity index (χ0v) is 10.7. The van der Waals surface area contributed by atoms with Crippen LogP contribution in [0.1, 0.15) is 12.6 Å². The molecule has 0 aromatic carbocycles. The van der Waals surface area contributed by atoms with Crippen molar-refractivity contribution in [2.75, 3.05) is 12.3 Å². The lowest BCUT2D eigenvalue weighted by molar-refractivity contribution is 0.321. The van der Waals surface area contributed by atoms with Gasteiger partial charge in [0.25, 0.3) is 0 Å². The summed E-state index contributed by atoms with van der Waals surface area (Å²) in [6.07, 6.45) is 0. The molecule has 2 aromatic rings. The summed E-state index contributed by atoms with van der Waals surface area (Å²) in [6, 6.07) is 5.23. The van der Waals surface area contributed by atoms with Gasteiger partial charge in [0.05, 0.1) is 18.0 Å². The van der Waals surface area contributed by atoms with Crippen LogP contribution in [0.5, 0.6) is 17.6 Å². The van der Waals surface area contributed by atoms with Gasteiger partial charge in [-0.05, 0) is 19.9 Å². The molecular formula is C12H16N4O2. The molecule has 0 radical (unpaired) electrons. The Morgan fingerprint density at radius 1 is 1.39 bits per heavy atom. The van der Waals surface area contributed by atoms with Gasteiger partial charge in [0.2, 0.25) is 17.6 Å². The first kappa shape index (κ1) is 12.2. The van der Waals surface area contributed by atoms with E-state index in [9.17, 15) is 0 Å². The van der Waals surface area contributed by atoms with E-state index in [1.807, 2.05) is 27.0 Å². The minimum absolute atomic E-state index is 0.383. The third-order valence-corrected chi connectivity index (χ3v) is 2.31. The lowest BCUT2D eigenvalue weighted by Crippen LogP contribution is -2.01. The van der Waals surface area contributed by atoms with Gasteiger partial charge in [-0.3, -0.25) is 0 Å². The van der Waals surface area contributed by atoms with E-state index in [-0.39, 0.29) is 0 Å². The fourth-order valence-electron chi connectivity index (χ4n) is 1.53. The number of hydrogen-bond donors (Lipinski definition) is 1. The zero-order valence-electron chi connectivity index (χ0n) is 10.7. The summed E-state index contributed by atoms with van der Waals surface area (Å²) in [6.45, 7) is 4.28. The van der Waals surface area contributed by atoms with Crippen LogP contribution in [0.4, 0.5) is 5.69 Å². The summed E-state index contributed by atoms with van der Waals surface area (Å²) in [5, 5.41) is 4.19. The number of nitrogen functional groups attached to an aromatic ring is 1. The normalized spacial score (nSPS) is 10.4. The Morgan fingerprint density at radius 2 is 2.17 bits per heavy atom. The molecule has 0 aliphatic heterocycles. The van der Waals surface area contributed by atoms with Crippen LogP contribution in [0.3, 0.4) is 0 Å². The number of ether oxygens (including phenoxy) is 2. The monoisotopic (exact) mass is 248 g/mol. The summed E-state index contributed by atoms with van der Waals surface area (Å²) in [7, 11) is 1.81. The van der Waals surface area contributed by atoms with Gasteiger partial charge in [-0.2, -0.15) is 10.1 Å². The van der Waals surface area contributed by atoms with Crippen LogP contribution in [0, 0.1) is 6.92 Å². The second-order valence-corrected chi connectivity index (χ2v) is 3.83. The molecule has 0 spiro atoms. The van der Waals surface area contributed by atoms with Crippen molar-refractivity contribution in [1.29, 1.82) is 0 Å². The molecule has 0 atom stereocenters. The molecule has 2 N–H and O–H groups in total. The van der Waals surface area contributed by atoms with E-state index in [0.717, 1.165) is 5.69 Å². The number of anilines is 1. The summed E-state index contributed by atoms with van der Waals surface area (Å²) < 4.78 is 12.6. The maximum absolute atomic E-state index is 5.74. The Bertz CT molecular complexity index is 551. The van der Waals surface area contributed by atoms with Crippen molar-refractivity contribution in [3.63, 3.8) is 0 Å². The highest BCUT2D eigenvalue weighted by atomic mass is 16.5. The first-order chi connectivity index (χ1) is 8.60. The van der Waals surface area contributed by atoms with Gasteiger partial charge >= 0.3 is 0 Å². The van der Waals surface area contributed by atoms with Crippen molar-refractivity contribution in [2.24, 2.45) is 7.05 Å². The van der Waals surface area contributed by atoms with E-state index >= 15 is 0 Å². The zero-order chi connectivity index (χ0) is 13.1. The molecule has 0 unspecified atom stereocenters. The number of aromatic nitrogens is 3. The van der Waals surface area contributed by atoms with E-state index in [4.69, 9.17) is 15.2 Å². The highest BCUT2D eigenvalue weighted by Gasteiger charge is 2.08. The maximum Gasteiger partial charge on any atom is 0.240 e. The van der Waals surface area contributed by atoms with Crippen molar-refractivity contribution in [3.05, 3.63) is 23.9 Å². The summed E-state index contributed by atoms with van der Waals surface area (Å²) in [5.41, 5.74) is 7.12. The molecule has 0 saturated heterocycles. The van der Waals surface area contributed by atoms with E-state index in [1.54, 1.807) is 16.8 Å². The van der Waals surface area contributed by atoms with Gasteiger partial charge in [0.1, 0.15) is 0 Å². The van der Waals surface area contributed by atoms with Gasteiger partial charge in [0, 0.05) is 19.2 Å². The molecule has 2 rings (SSSR count). The van der Waals surface area contributed by atoms with Crippen molar-refractivity contribution >= 4 is 5.69 Å². The third-order valence-electron chi connectivity index (χ3n) is 2.31. The highest BCUT2D eigenvalue weighted by molar-refractivity contribution is 5.49. The van der Waals surface area contributed by atoms with Gasteiger partial charge in [-0.25, -0.2) is 4.68 Å². The third kappa shape index (κ3) is 2.53. The first-order valence-corrected chi connectivity index (χ1v) is 5.68. The topological polar surface area (TPSA) is 75.2 Å². The number of nitrogens with two attached hydrogens (primary N) is 1. The molecule has 96 valence electrons. The minimum atomic E-state index is 0.383. The Balaban J connectivity index is 2.24. The molecule has 0 amide bonds. The predicted octanol–water partition coefficient (Wildman–Crippen LogP) is 1.90. The smallest absolute Gasteiger partial charge is 0.240 e. The summed E-state index contributed by atoms with van der Waals surface area (Å²) in [4.78, 5) is 4.20. The predicted molar refractivity (Wildman–Crippen MR) is 67.8 cm³/mol. The molecule has 0 bridgehead atoms. The fraction of sp³-hybridized carbons (Fsp3) is 0.333. The SMILES string of the molecule is CCOc1nc(Oc2cc(C)nn2C)ccc1N. The minimum Gasteiger partial charge on any atom is -0.476 e. The molecule has 2 heterocycles. The number of nitrogens with zero attached hydrogens (tertiary/aromatic N) is 3. The molecule has 0 saturated carbocycles. The first-order valence-electron chi connectivity index (χ1n) is 5.68. The number of rotatable bonds is 4. The maximum atomic E-state index is 5.74. The Labute approximate surface area is 105 Å². The van der Waals surface area contributed by atoms with Crippen LogP contribution >= 0.6 is 0 Å². The average molecular weight is 248 g/mol. The van der Waals surface area contributed by atoms with Crippen molar-refractivity contribution in [2.45, 2.75) is 13.8 Å². The van der Waals surface area contributed by atoms with Crippen molar-refractivity contribution < 1.29 is 9.47 Å². The van der Waals surface area contributed by atoms with Gasteiger partial charge in [0.15, 0.2) is 0 Å². The van der Waals surface area contributed by atoms with Crippen LogP contribution in [-0.2, 0) is 7.05 Å². The second-order valence-electron chi connectivity index (χ2n) is 3.83. The molecule has 18 heavy (non-hydrogen) atoms. The van der Waals surface area contributed by atoms with E-state index in [0.29, 0.717) is 29.9 Å². The van der Waals surface area contributed by atoms with Gasteiger partial charge < -0.3 is 15.2 Å². The lowest BCUT2D eigenvalue weighted by Gasteiger charge is -2.08. The van der Waals surface area contributed by atoms with Crippen LogP contribution in [0.25, 0.3) is 0 Å². The Morgan fingerprint density at radius 3 is 2.78 bits per heavy atom. The molecular weight excluding hydrogens is 232 g/mol. The van der Waals surface area contributed by atoms with Crippen LogP contribution < -0.4 is 15.2 Å². The molecule has 0 fully saturated rings. The largest absolute Gasteiger partial charge is 0.476 e. The fourth-order valence-corrected chi connectivity index (χ4v) is 1.53. The molecule has 6 nitrogen and oxygen atoms in total. The average Bonchev–Trinajstić information content (AvgIpc) is 2.62. The summed E-state index contributed by atoms with van der Waals surface area (Å²) >= 11 is 0. The Kier molecular flexibility index (Phi) is 3.36.